The molecule has 1 aliphatic heterocycles. The molecule has 5 nitrogen and oxygen atoms in total. The van der Waals surface area contributed by atoms with Crippen molar-refractivity contribution in [3.05, 3.63) is 96.1 Å². The van der Waals surface area contributed by atoms with E-state index in [-0.39, 0.29) is 17.4 Å². The third kappa shape index (κ3) is 5.52. The Morgan fingerprint density at radius 2 is 1.52 bits per heavy atom. The predicted molar refractivity (Wildman–Crippen MR) is 122 cm³/mol. The molecule has 1 atom stereocenters. The number of nitrogens with zero attached hydrogens (tertiary/aromatic N) is 1. The standard InChI is InChI=1S/C25H25NO4S/c27-25(22-15-16-31(28,29)19-22)26(23-9-5-2-6-10-23)17-20-11-13-24(14-12-20)30-18-21-7-3-1-4-8-21/h1-14,22H,15-19H2. The number of rotatable bonds is 7. The first-order chi connectivity index (χ1) is 15.0. The fourth-order valence-electron chi connectivity index (χ4n) is 3.73. The van der Waals surface area contributed by atoms with Gasteiger partial charge in [0.1, 0.15) is 12.4 Å². The zero-order chi connectivity index (χ0) is 21.7. The number of para-hydroxylation sites is 1. The van der Waals surface area contributed by atoms with Gasteiger partial charge in [0.05, 0.1) is 24.0 Å². The Kier molecular flexibility index (Phi) is 6.37. The zero-order valence-electron chi connectivity index (χ0n) is 17.2. The molecule has 3 aromatic carbocycles. The molecule has 0 aromatic heterocycles. The van der Waals surface area contributed by atoms with Crippen molar-refractivity contribution in [2.75, 3.05) is 16.4 Å². The van der Waals surface area contributed by atoms with Gasteiger partial charge in [0.25, 0.3) is 0 Å². The van der Waals surface area contributed by atoms with Crippen molar-refractivity contribution in [3.63, 3.8) is 0 Å². The summed E-state index contributed by atoms with van der Waals surface area (Å²) < 4.78 is 29.6. The van der Waals surface area contributed by atoms with Gasteiger partial charge in [0.15, 0.2) is 9.84 Å². The largest absolute Gasteiger partial charge is 0.489 e. The summed E-state index contributed by atoms with van der Waals surface area (Å²) in [5, 5.41) is 0. The maximum Gasteiger partial charge on any atom is 0.231 e. The van der Waals surface area contributed by atoms with Crippen LogP contribution in [0, 0.1) is 5.92 Å². The number of hydrogen-bond donors (Lipinski definition) is 0. The van der Waals surface area contributed by atoms with E-state index in [1.54, 1.807) is 4.90 Å². The molecule has 3 aromatic rings. The molecule has 0 N–H and O–H groups in total. The van der Waals surface area contributed by atoms with E-state index in [2.05, 4.69) is 0 Å². The normalized spacial score (nSPS) is 17.2. The van der Waals surface area contributed by atoms with Gasteiger partial charge in [0, 0.05) is 5.69 Å². The summed E-state index contributed by atoms with van der Waals surface area (Å²) >= 11 is 0. The van der Waals surface area contributed by atoms with Crippen LogP contribution in [0.25, 0.3) is 0 Å². The van der Waals surface area contributed by atoms with E-state index >= 15 is 0 Å². The average molecular weight is 436 g/mol. The van der Waals surface area contributed by atoms with Crippen molar-refractivity contribution < 1.29 is 17.9 Å². The summed E-state index contributed by atoms with van der Waals surface area (Å²) in [7, 11) is -3.13. The van der Waals surface area contributed by atoms with Gasteiger partial charge >= 0.3 is 0 Å². The van der Waals surface area contributed by atoms with Crippen molar-refractivity contribution in [2.45, 2.75) is 19.6 Å². The van der Waals surface area contributed by atoms with Crippen LogP contribution < -0.4 is 9.64 Å². The van der Waals surface area contributed by atoms with Gasteiger partial charge < -0.3 is 9.64 Å². The highest BCUT2D eigenvalue weighted by atomic mass is 32.2. The van der Waals surface area contributed by atoms with E-state index < -0.39 is 15.8 Å². The lowest BCUT2D eigenvalue weighted by Gasteiger charge is -2.25. The van der Waals surface area contributed by atoms with Crippen LogP contribution in [-0.4, -0.2) is 25.8 Å². The molecule has 0 bridgehead atoms. The number of hydrogen-bond acceptors (Lipinski definition) is 4. The van der Waals surface area contributed by atoms with E-state index in [1.807, 2.05) is 84.9 Å². The van der Waals surface area contributed by atoms with Crippen LogP contribution in [0.3, 0.4) is 0 Å². The molecule has 4 rings (SSSR count). The minimum atomic E-state index is -3.13. The molecule has 1 heterocycles. The van der Waals surface area contributed by atoms with Crippen LogP contribution in [-0.2, 0) is 27.8 Å². The number of carbonyl (C=O) groups excluding carboxylic acids is 1. The lowest BCUT2D eigenvalue weighted by Crippen LogP contribution is -2.36. The lowest BCUT2D eigenvalue weighted by atomic mass is 10.1. The second-order valence-electron chi connectivity index (χ2n) is 7.78. The van der Waals surface area contributed by atoms with Gasteiger partial charge in [-0.3, -0.25) is 4.79 Å². The SMILES string of the molecule is O=C(C1CCS(=O)(=O)C1)N(Cc1ccc(OCc2ccccc2)cc1)c1ccccc1. The molecule has 1 unspecified atom stereocenters. The van der Waals surface area contributed by atoms with Crippen LogP contribution in [0.2, 0.25) is 0 Å². The van der Waals surface area contributed by atoms with Crippen LogP contribution in [0.5, 0.6) is 5.75 Å². The maximum absolute atomic E-state index is 13.2. The molecule has 1 fully saturated rings. The molecule has 1 saturated heterocycles. The minimum absolute atomic E-state index is 0.0680. The molecule has 0 saturated carbocycles. The first-order valence-electron chi connectivity index (χ1n) is 10.3. The fraction of sp³-hybridized carbons (Fsp3) is 0.240. The van der Waals surface area contributed by atoms with Crippen LogP contribution >= 0.6 is 0 Å². The summed E-state index contributed by atoms with van der Waals surface area (Å²) in [6.07, 6.45) is 0.386. The number of amides is 1. The van der Waals surface area contributed by atoms with Crippen LogP contribution in [0.4, 0.5) is 5.69 Å². The topological polar surface area (TPSA) is 63.7 Å². The number of sulfone groups is 1. The van der Waals surface area contributed by atoms with Gasteiger partial charge in [0.2, 0.25) is 5.91 Å². The number of ether oxygens (including phenoxy) is 1. The predicted octanol–water partition coefficient (Wildman–Crippen LogP) is 4.23. The molecule has 160 valence electrons. The maximum atomic E-state index is 13.2. The van der Waals surface area contributed by atoms with E-state index in [9.17, 15) is 13.2 Å². The summed E-state index contributed by atoms with van der Waals surface area (Å²) in [5.41, 5.74) is 2.81. The lowest BCUT2D eigenvalue weighted by molar-refractivity contribution is -0.121. The first-order valence-corrected chi connectivity index (χ1v) is 12.1. The Labute approximate surface area is 183 Å². The van der Waals surface area contributed by atoms with Crippen molar-refractivity contribution in [3.8, 4) is 5.75 Å². The fourth-order valence-corrected chi connectivity index (χ4v) is 5.46. The third-order valence-corrected chi connectivity index (χ3v) is 7.20. The molecular formula is C25H25NO4S. The third-order valence-electron chi connectivity index (χ3n) is 5.43. The summed E-state index contributed by atoms with van der Waals surface area (Å²) in [5.74, 6) is 0.142. The molecular weight excluding hydrogens is 410 g/mol. The molecule has 0 spiro atoms. The van der Waals surface area contributed by atoms with Crippen LogP contribution in [0.15, 0.2) is 84.9 Å². The van der Waals surface area contributed by atoms with E-state index in [0.717, 1.165) is 22.6 Å². The highest BCUT2D eigenvalue weighted by molar-refractivity contribution is 7.91. The molecule has 31 heavy (non-hydrogen) atoms. The zero-order valence-corrected chi connectivity index (χ0v) is 18.0. The van der Waals surface area contributed by atoms with Gasteiger partial charge in [-0.1, -0.05) is 60.7 Å². The summed E-state index contributed by atoms with van der Waals surface area (Å²) in [6, 6.07) is 27.0. The van der Waals surface area contributed by atoms with Crippen molar-refractivity contribution in [2.24, 2.45) is 5.92 Å². The second-order valence-corrected chi connectivity index (χ2v) is 10.0. The number of anilines is 1. The molecule has 1 aliphatic rings. The highest BCUT2D eigenvalue weighted by Crippen LogP contribution is 2.26. The van der Waals surface area contributed by atoms with Crippen molar-refractivity contribution in [1.29, 1.82) is 0 Å². The van der Waals surface area contributed by atoms with Gasteiger partial charge in [-0.2, -0.15) is 0 Å². The van der Waals surface area contributed by atoms with E-state index in [1.165, 1.54) is 0 Å². The Hall–Kier alpha value is -3.12. The Balaban J connectivity index is 1.47. The minimum Gasteiger partial charge on any atom is -0.489 e. The Morgan fingerprint density at radius 1 is 0.871 bits per heavy atom. The van der Waals surface area contributed by atoms with Gasteiger partial charge in [-0.25, -0.2) is 8.42 Å². The quantitative estimate of drug-likeness (QED) is 0.557. The summed E-state index contributed by atoms with van der Waals surface area (Å²) in [6.45, 7) is 0.864. The Bertz CT molecular complexity index is 1110. The number of benzene rings is 3. The first kappa shape index (κ1) is 21.1. The van der Waals surface area contributed by atoms with E-state index in [4.69, 9.17) is 4.74 Å². The molecule has 0 radical (unpaired) electrons. The molecule has 0 aliphatic carbocycles. The number of carbonyl (C=O) groups is 1. The smallest absolute Gasteiger partial charge is 0.231 e. The molecule has 1 amide bonds. The second kappa shape index (κ2) is 9.35. The van der Waals surface area contributed by atoms with Gasteiger partial charge in [-0.15, -0.1) is 0 Å². The van der Waals surface area contributed by atoms with E-state index in [0.29, 0.717) is 19.6 Å². The van der Waals surface area contributed by atoms with Gasteiger partial charge in [-0.05, 0) is 41.8 Å². The Morgan fingerprint density at radius 3 is 2.13 bits per heavy atom. The monoisotopic (exact) mass is 435 g/mol. The highest BCUT2D eigenvalue weighted by Gasteiger charge is 2.35. The van der Waals surface area contributed by atoms with Crippen LogP contribution in [0.1, 0.15) is 17.5 Å². The molecule has 6 heteroatoms. The van der Waals surface area contributed by atoms with Crippen molar-refractivity contribution >= 4 is 21.4 Å². The van der Waals surface area contributed by atoms with Crippen molar-refractivity contribution in [1.82, 2.24) is 0 Å². The summed E-state index contributed by atoms with van der Waals surface area (Å²) in [4.78, 5) is 14.9. The average Bonchev–Trinajstić information content (AvgIpc) is 3.17.